The van der Waals surface area contributed by atoms with E-state index in [1.54, 1.807) is 10.6 Å². The van der Waals surface area contributed by atoms with Gasteiger partial charge in [0.25, 0.3) is 5.95 Å². The van der Waals surface area contributed by atoms with Crippen LogP contribution in [-0.4, -0.2) is 54.5 Å². The molecule has 3 aromatic rings. The maximum atomic E-state index is 10.9. The molecule has 1 aliphatic carbocycles. The van der Waals surface area contributed by atoms with E-state index in [0.717, 1.165) is 43.7 Å². The standard InChI is InChI=1S/C22H27N5O3.C3H6/c1-22(2,30)17-10-12-26(13-11-17)14-15-6-8-16(9-7-15)18-4-3-5-19-23-20(24-21(28)29)25-27(18)19;1-2-3-1/h3-9,17,30H,10-14H2,1-2H3,(H,24,25)(H,28,29);1-3H2. The van der Waals surface area contributed by atoms with Gasteiger partial charge in [0.1, 0.15) is 0 Å². The summed E-state index contributed by atoms with van der Waals surface area (Å²) in [4.78, 5) is 17.5. The first-order valence-electron chi connectivity index (χ1n) is 11.7. The van der Waals surface area contributed by atoms with E-state index < -0.39 is 11.7 Å². The monoisotopic (exact) mass is 451 g/mol. The molecule has 2 aromatic heterocycles. The van der Waals surface area contributed by atoms with Crippen molar-refractivity contribution in [1.82, 2.24) is 19.5 Å². The van der Waals surface area contributed by atoms with Crippen molar-refractivity contribution < 1.29 is 15.0 Å². The molecule has 0 atom stereocenters. The third-order valence-corrected chi connectivity index (χ3v) is 6.17. The Kier molecular flexibility index (Phi) is 6.95. The second-order valence-corrected chi connectivity index (χ2v) is 9.51. The van der Waals surface area contributed by atoms with Crippen LogP contribution in [0.4, 0.5) is 10.7 Å². The van der Waals surface area contributed by atoms with Crippen LogP contribution in [0.1, 0.15) is 51.5 Å². The van der Waals surface area contributed by atoms with Gasteiger partial charge in [-0.2, -0.15) is 4.98 Å². The van der Waals surface area contributed by atoms with Crippen LogP contribution < -0.4 is 5.32 Å². The molecule has 3 N–H and O–H groups in total. The van der Waals surface area contributed by atoms with Crippen molar-refractivity contribution >= 4 is 17.7 Å². The highest BCUT2D eigenvalue weighted by Gasteiger charge is 2.30. The molecular weight excluding hydrogens is 418 g/mol. The lowest BCUT2D eigenvalue weighted by molar-refractivity contribution is -0.0136. The van der Waals surface area contributed by atoms with Crippen molar-refractivity contribution in [2.75, 3.05) is 18.4 Å². The van der Waals surface area contributed by atoms with Crippen molar-refractivity contribution in [2.24, 2.45) is 5.92 Å². The summed E-state index contributed by atoms with van der Waals surface area (Å²) in [5.74, 6) is 0.417. The minimum atomic E-state index is -1.19. The number of benzene rings is 1. The molecule has 1 saturated carbocycles. The number of amides is 1. The Balaban J connectivity index is 0.000000799. The molecule has 8 nitrogen and oxygen atoms in total. The number of hydrogen-bond acceptors (Lipinski definition) is 5. The number of fused-ring (bicyclic) bond motifs is 1. The topological polar surface area (TPSA) is 103 Å². The summed E-state index contributed by atoms with van der Waals surface area (Å²) < 4.78 is 1.64. The molecule has 0 spiro atoms. The molecule has 5 rings (SSSR count). The van der Waals surface area contributed by atoms with Crippen molar-refractivity contribution in [1.29, 1.82) is 0 Å². The minimum absolute atomic E-state index is 0.0565. The van der Waals surface area contributed by atoms with Crippen LogP contribution in [0.2, 0.25) is 0 Å². The van der Waals surface area contributed by atoms with E-state index in [1.807, 2.05) is 26.0 Å². The third kappa shape index (κ3) is 6.30. The van der Waals surface area contributed by atoms with Crippen LogP contribution in [0.15, 0.2) is 42.5 Å². The van der Waals surface area contributed by atoms with Crippen molar-refractivity contribution in [2.45, 2.75) is 58.1 Å². The Hall–Kier alpha value is -2.97. The van der Waals surface area contributed by atoms with Crippen LogP contribution >= 0.6 is 0 Å². The number of nitrogens with one attached hydrogen (secondary N) is 1. The Bertz CT molecular complexity index is 1070. The van der Waals surface area contributed by atoms with Crippen molar-refractivity contribution in [3.8, 4) is 11.3 Å². The normalized spacial score (nSPS) is 16.8. The Morgan fingerprint density at radius 2 is 1.76 bits per heavy atom. The number of anilines is 1. The van der Waals surface area contributed by atoms with Gasteiger partial charge in [-0.1, -0.05) is 49.6 Å². The predicted molar refractivity (Wildman–Crippen MR) is 128 cm³/mol. The molecule has 1 amide bonds. The fraction of sp³-hybridized carbons (Fsp3) is 0.480. The minimum Gasteiger partial charge on any atom is -0.465 e. The summed E-state index contributed by atoms with van der Waals surface area (Å²) in [6.45, 7) is 6.69. The highest BCUT2D eigenvalue weighted by atomic mass is 16.4. The second-order valence-electron chi connectivity index (χ2n) is 9.51. The fourth-order valence-corrected chi connectivity index (χ4v) is 4.11. The number of likely N-dealkylation sites (tertiary alicyclic amines) is 1. The van der Waals surface area contributed by atoms with E-state index in [4.69, 9.17) is 5.11 Å². The SMILES string of the molecule is C1CC1.CC(C)(O)C1CCN(Cc2ccc(-c3cccc4nc(NC(=O)O)nn34)cc2)CC1. The highest BCUT2D eigenvalue weighted by molar-refractivity contribution is 5.80. The summed E-state index contributed by atoms with van der Waals surface area (Å²) in [7, 11) is 0. The zero-order chi connectivity index (χ0) is 23.4. The first-order chi connectivity index (χ1) is 15.8. The van der Waals surface area contributed by atoms with E-state index in [9.17, 15) is 9.90 Å². The average Bonchev–Trinajstić information content (AvgIpc) is 3.60. The third-order valence-electron chi connectivity index (χ3n) is 6.17. The molecule has 0 radical (unpaired) electrons. The number of carboxylic acid groups (broad SMARTS) is 1. The van der Waals surface area contributed by atoms with Crippen LogP contribution in [-0.2, 0) is 6.54 Å². The van der Waals surface area contributed by atoms with Gasteiger partial charge in [-0.05, 0) is 63.4 Å². The first kappa shape index (κ1) is 23.2. The Morgan fingerprint density at radius 1 is 1.09 bits per heavy atom. The maximum absolute atomic E-state index is 10.9. The predicted octanol–water partition coefficient (Wildman–Crippen LogP) is 4.64. The molecule has 3 heterocycles. The van der Waals surface area contributed by atoms with Gasteiger partial charge in [0, 0.05) is 12.1 Å². The van der Waals surface area contributed by atoms with Gasteiger partial charge >= 0.3 is 6.09 Å². The number of aliphatic hydroxyl groups is 1. The first-order valence-corrected chi connectivity index (χ1v) is 11.7. The maximum Gasteiger partial charge on any atom is 0.411 e. The van der Waals surface area contributed by atoms with E-state index in [0.29, 0.717) is 11.6 Å². The highest BCUT2D eigenvalue weighted by Crippen LogP contribution is 2.29. The smallest absolute Gasteiger partial charge is 0.411 e. The average molecular weight is 452 g/mol. The Labute approximate surface area is 194 Å². The lowest BCUT2D eigenvalue weighted by Gasteiger charge is -2.37. The summed E-state index contributed by atoms with van der Waals surface area (Å²) >= 11 is 0. The largest absolute Gasteiger partial charge is 0.465 e. The number of nitrogens with zero attached hydrogens (tertiary/aromatic N) is 4. The van der Waals surface area contributed by atoms with E-state index in [1.165, 1.54) is 24.8 Å². The van der Waals surface area contributed by atoms with Gasteiger partial charge < -0.3 is 10.2 Å². The van der Waals surface area contributed by atoms with Gasteiger partial charge in [-0.3, -0.25) is 10.2 Å². The van der Waals surface area contributed by atoms with E-state index in [2.05, 4.69) is 44.6 Å². The quantitative estimate of drug-likeness (QED) is 0.522. The Morgan fingerprint density at radius 3 is 2.33 bits per heavy atom. The zero-order valence-corrected chi connectivity index (χ0v) is 19.4. The molecule has 2 fully saturated rings. The van der Waals surface area contributed by atoms with E-state index in [-0.39, 0.29) is 5.95 Å². The molecule has 33 heavy (non-hydrogen) atoms. The van der Waals surface area contributed by atoms with Gasteiger partial charge in [-0.15, -0.1) is 5.10 Å². The summed E-state index contributed by atoms with van der Waals surface area (Å²) in [6, 6.07) is 13.9. The van der Waals surface area contributed by atoms with Gasteiger partial charge in [0.15, 0.2) is 5.65 Å². The summed E-state index contributed by atoms with van der Waals surface area (Å²) in [5.41, 5.74) is 3.04. The van der Waals surface area contributed by atoms with Gasteiger partial charge in [-0.25, -0.2) is 9.31 Å². The van der Waals surface area contributed by atoms with Gasteiger partial charge in [0.2, 0.25) is 0 Å². The summed E-state index contributed by atoms with van der Waals surface area (Å²) in [6.07, 6.45) is 5.34. The number of carbonyl (C=O) groups is 1. The molecule has 176 valence electrons. The molecule has 8 heteroatoms. The van der Waals surface area contributed by atoms with Crippen molar-refractivity contribution in [3.05, 3.63) is 48.0 Å². The molecule has 2 aliphatic rings. The summed E-state index contributed by atoms with van der Waals surface area (Å²) in [5, 5.41) is 25.5. The van der Waals surface area contributed by atoms with E-state index >= 15 is 0 Å². The lowest BCUT2D eigenvalue weighted by Crippen LogP contribution is -2.41. The number of hydrogen-bond donors (Lipinski definition) is 3. The second kappa shape index (κ2) is 9.89. The molecule has 0 unspecified atom stereocenters. The van der Waals surface area contributed by atoms with Crippen LogP contribution in [0.25, 0.3) is 16.9 Å². The lowest BCUT2D eigenvalue weighted by atomic mass is 9.83. The molecule has 1 saturated heterocycles. The van der Waals surface area contributed by atoms with Crippen molar-refractivity contribution in [3.63, 3.8) is 0 Å². The zero-order valence-electron chi connectivity index (χ0n) is 19.4. The number of rotatable bonds is 5. The van der Waals surface area contributed by atoms with Crippen LogP contribution in [0, 0.1) is 5.92 Å². The molecule has 0 bridgehead atoms. The van der Waals surface area contributed by atoms with Gasteiger partial charge in [0.05, 0.1) is 11.3 Å². The fourth-order valence-electron chi connectivity index (χ4n) is 4.11. The number of pyridine rings is 1. The molecule has 1 aliphatic heterocycles. The van der Waals surface area contributed by atoms with Crippen LogP contribution in [0.5, 0.6) is 0 Å². The molecule has 1 aromatic carbocycles. The molecular formula is C25H33N5O3. The number of aromatic nitrogens is 3. The van der Waals surface area contributed by atoms with Crippen LogP contribution in [0.3, 0.4) is 0 Å². The number of piperidine rings is 1.